The summed E-state index contributed by atoms with van der Waals surface area (Å²) >= 11 is 0. The lowest BCUT2D eigenvalue weighted by Gasteiger charge is -2.42. The van der Waals surface area contributed by atoms with Gasteiger partial charge < -0.3 is 0 Å². The molecule has 2 aliphatic carbocycles. The van der Waals surface area contributed by atoms with Gasteiger partial charge in [0.1, 0.15) is 5.54 Å². The van der Waals surface area contributed by atoms with Crippen LogP contribution in [0.4, 0.5) is 0 Å². The van der Waals surface area contributed by atoms with Crippen LogP contribution in [-0.4, -0.2) is 22.5 Å². The zero-order valence-electron chi connectivity index (χ0n) is 10.7. The molecule has 2 aliphatic rings. The molecule has 0 aromatic heterocycles. The Balaban J connectivity index is 2.15. The second-order valence-corrected chi connectivity index (χ2v) is 5.95. The van der Waals surface area contributed by atoms with Gasteiger partial charge in [-0.2, -0.15) is 5.26 Å². The summed E-state index contributed by atoms with van der Waals surface area (Å²) < 4.78 is 0. The lowest BCUT2D eigenvalue weighted by atomic mass is 9.97. The van der Waals surface area contributed by atoms with Crippen LogP contribution in [-0.2, 0) is 0 Å². The fourth-order valence-corrected chi connectivity index (χ4v) is 3.63. The van der Waals surface area contributed by atoms with Crippen LogP contribution in [0, 0.1) is 11.3 Å². The molecule has 2 rings (SSSR count). The molecule has 0 spiro atoms. The number of nitrogens with zero attached hydrogens (tertiary/aromatic N) is 2. The minimum absolute atomic E-state index is 0.274. The summed E-state index contributed by atoms with van der Waals surface area (Å²) in [6.07, 6.45) is 10.7. The summed E-state index contributed by atoms with van der Waals surface area (Å²) in [6.45, 7) is 4.20. The van der Waals surface area contributed by atoms with Gasteiger partial charge in [0.2, 0.25) is 0 Å². The quantitative estimate of drug-likeness (QED) is 0.728. The Morgan fingerprint density at radius 2 is 1.31 bits per heavy atom. The van der Waals surface area contributed by atoms with E-state index < -0.39 is 0 Å². The van der Waals surface area contributed by atoms with Gasteiger partial charge in [0, 0.05) is 12.1 Å². The normalized spacial score (nSPS) is 24.1. The van der Waals surface area contributed by atoms with E-state index in [0.29, 0.717) is 12.1 Å². The van der Waals surface area contributed by atoms with Gasteiger partial charge in [-0.25, -0.2) is 0 Å². The van der Waals surface area contributed by atoms with Crippen molar-refractivity contribution in [2.75, 3.05) is 0 Å². The van der Waals surface area contributed by atoms with Crippen molar-refractivity contribution in [3.63, 3.8) is 0 Å². The highest BCUT2D eigenvalue weighted by atomic mass is 15.2. The van der Waals surface area contributed by atoms with E-state index in [1.54, 1.807) is 0 Å². The van der Waals surface area contributed by atoms with Gasteiger partial charge in [-0.15, -0.1) is 0 Å². The van der Waals surface area contributed by atoms with Crippen LogP contribution < -0.4 is 0 Å². The largest absolute Gasteiger partial charge is 0.280 e. The highest BCUT2D eigenvalue weighted by Crippen LogP contribution is 2.36. The van der Waals surface area contributed by atoms with E-state index in [1.807, 2.05) is 0 Å². The summed E-state index contributed by atoms with van der Waals surface area (Å²) in [4.78, 5) is 2.56. The second-order valence-electron chi connectivity index (χ2n) is 5.95. The van der Waals surface area contributed by atoms with Crippen LogP contribution >= 0.6 is 0 Å². The van der Waals surface area contributed by atoms with Crippen LogP contribution in [0.3, 0.4) is 0 Å². The Morgan fingerprint density at radius 3 is 1.62 bits per heavy atom. The number of rotatable bonds is 3. The van der Waals surface area contributed by atoms with Crippen LogP contribution in [0.25, 0.3) is 0 Å². The van der Waals surface area contributed by atoms with Crippen LogP contribution in [0.2, 0.25) is 0 Å². The van der Waals surface area contributed by atoms with Crippen molar-refractivity contribution in [1.29, 1.82) is 5.26 Å². The molecule has 0 aromatic rings. The van der Waals surface area contributed by atoms with Crippen molar-refractivity contribution in [2.45, 2.75) is 82.8 Å². The van der Waals surface area contributed by atoms with Gasteiger partial charge in [-0.3, -0.25) is 4.90 Å². The molecular weight excluding hydrogens is 196 g/mol. The third kappa shape index (κ3) is 2.25. The molecule has 16 heavy (non-hydrogen) atoms. The number of nitriles is 1. The van der Waals surface area contributed by atoms with Crippen molar-refractivity contribution >= 4 is 0 Å². The van der Waals surface area contributed by atoms with Gasteiger partial charge in [-0.1, -0.05) is 25.7 Å². The molecule has 2 nitrogen and oxygen atoms in total. The summed E-state index contributed by atoms with van der Waals surface area (Å²) in [5.74, 6) is 0. The number of hydrogen-bond donors (Lipinski definition) is 0. The summed E-state index contributed by atoms with van der Waals surface area (Å²) in [5, 5.41) is 9.39. The molecule has 0 N–H and O–H groups in total. The average Bonchev–Trinajstić information content (AvgIpc) is 2.90. The van der Waals surface area contributed by atoms with Crippen molar-refractivity contribution in [3.8, 4) is 6.07 Å². The first kappa shape index (κ1) is 11.9. The molecule has 0 aromatic carbocycles. The molecule has 90 valence electrons. The maximum absolute atomic E-state index is 9.39. The topological polar surface area (TPSA) is 27.0 Å². The van der Waals surface area contributed by atoms with E-state index in [2.05, 4.69) is 24.8 Å². The molecule has 0 heterocycles. The monoisotopic (exact) mass is 220 g/mol. The van der Waals surface area contributed by atoms with E-state index in [-0.39, 0.29) is 5.54 Å². The Bertz CT molecular complexity index is 249. The Kier molecular flexibility index (Phi) is 3.54. The Morgan fingerprint density at radius 1 is 0.938 bits per heavy atom. The van der Waals surface area contributed by atoms with E-state index in [9.17, 15) is 5.26 Å². The Hall–Kier alpha value is -0.550. The highest BCUT2D eigenvalue weighted by Gasteiger charge is 2.39. The molecule has 0 aliphatic heterocycles. The van der Waals surface area contributed by atoms with Gasteiger partial charge in [0.05, 0.1) is 6.07 Å². The fraction of sp³-hybridized carbons (Fsp3) is 0.929. The van der Waals surface area contributed by atoms with E-state index in [1.165, 1.54) is 51.4 Å². The van der Waals surface area contributed by atoms with Crippen LogP contribution in [0.1, 0.15) is 65.2 Å². The second kappa shape index (κ2) is 4.75. The maximum atomic E-state index is 9.39. The van der Waals surface area contributed by atoms with Crippen molar-refractivity contribution in [2.24, 2.45) is 0 Å². The molecular formula is C14H24N2. The summed E-state index contributed by atoms with van der Waals surface area (Å²) in [7, 11) is 0. The minimum Gasteiger partial charge on any atom is -0.280 e. The van der Waals surface area contributed by atoms with Crippen molar-refractivity contribution in [1.82, 2.24) is 4.90 Å². The fourth-order valence-electron chi connectivity index (χ4n) is 3.63. The van der Waals surface area contributed by atoms with Gasteiger partial charge in [0.25, 0.3) is 0 Å². The highest BCUT2D eigenvalue weighted by molar-refractivity contribution is 5.06. The third-order valence-electron chi connectivity index (χ3n) is 4.36. The lowest BCUT2D eigenvalue weighted by molar-refractivity contribution is 0.0601. The lowest BCUT2D eigenvalue weighted by Crippen LogP contribution is -2.53. The van der Waals surface area contributed by atoms with Gasteiger partial charge in [-0.05, 0) is 39.5 Å². The van der Waals surface area contributed by atoms with E-state index in [4.69, 9.17) is 0 Å². The molecule has 0 bridgehead atoms. The first-order chi connectivity index (χ1) is 7.65. The summed E-state index contributed by atoms with van der Waals surface area (Å²) in [6, 6.07) is 3.88. The summed E-state index contributed by atoms with van der Waals surface area (Å²) in [5.41, 5.74) is -0.274. The van der Waals surface area contributed by atoms with Gasteiger partial charge >= 0.3 is 0 Å². The molecule has 0 radical (unpaired) electrons. The number of hydrogen-bond acceptors (Lipinski definition) is 2. The molecule has 2 fully saturated rings. The molecule has 2 saturated carbocycles. The van der Waals surface area contributed by atoms with Gasteiger partial charge in [0.15, 0.2) is 0 Å². The Labute approximate surface area is 99.6 Å². The SMILES string of the molecule is CC(C)(C#N)N(C1CCCC1)C1CCCC1. The average molecular weight is 220 g/mol. The predicted molar refractivity (Wildman–Crippen MR) is 66.0 cm³/mol. The predicted octanol–water partition coefficient (Wildman–Crippen LogP) is 3.48. The third-order valence-corrected chi connectivity index (χ3v) is 4.36. The smallest absolute Gasteiger partial charge is 0.104 e. The molecule has 0 saturated heterocycles. The standard InChI is InChI=1S/C14H24N2/c1-14(2,11-15)16(12-7-3-4-8-12)13-9-5-6-10-13/h12-13H,3-10H2,1-2H3. The first-order valence-electron chi connectivity index (χ1n) is 6.85. The molecule has 2 heteroatoms. The minimum atomic E-state index is -0.274. The first-order valence-corrected chi connectivity index (χ1v) is 6.85. The van der Waals surface area contributed by atoms with Crippen LogP contribution in [0.15, 0.2) is 0 Å². The molecule has 0 unspecified atom stereocenters. The van der Waals surface area contributed by atoms with Crippen molar-refractivity contribution < 1.29 is 0 Å². The molecule has 0 atom stereocenters. The molecule has 0 amide bonds. The zero-order valence-corrected chi connectivity index (χ0v) is 10.7. The van der Waals surface area contributed by atoms with Crippen LogP contribution in [0.5, 0.6) is 0 Å². The maximum Gasteiger partial charge on any atom is 0.104 e. The van der Waals surface area contributed by atoms with E-state index >= 15 is 0 Å². The van der Waals surface area contributed by atoms with Crippen molar-refractivity contribution in [3.05, 3.63) is 0 Å². The zero-order chi connectivity index (χ0) is 11.6. The van der Waals surface area contributed by atoms with E-state index in [0.717, 1.165) is 0 Å².